The first-order chi connectivity index (χ1) is 8.38. The van der Waals surface area contributed by atoms with Crippen LogP contribution in [-0.2, 0) is 6.18 Å². The molecule has 0 aliphatic rings. The third-order valence-electron chi connectivity index (χ3n) is 2.40. The van der Waals surface area contributed by atoms with Gasteiger partial charge in [-0.15, -0.1) is 0 Å². The van der Waals surface area contributed by atoms with E-state index in [9.17, 15) is 13.2 Å². The van der Waals surface area contributed by atoms with Crippen LogP contribution in [-0.4, -0.2) is 29.8 Å². The molecule has 0 aliphatic heterocycles. The van der Waals surface area contributed by atoms with E-state index in [0.29, 0.717) is 19.5 Å². The number of aliphatic hydroxyl groups excluding tert-OH is 1. The van der Waals surface area contributed by atoms with Crippen molar-refractivity contribution in [1.29, 1.82) is 0 Å². The lowest BCUT2D eigenvalue weighted by molar-refractivity contribution is -0.137. The fourth-order valence-corrected chi connectivity index (χ4v) is 1.71. The van der Waals surface area contributed by atoms with Crippen LogP contribution in [0.15, 0.2) is 12.1 Å². The van der Waals surface area contributed by atoms with Crippen LogP contribution in [0.1, 0.15) is 18.9 Å². The zero-order valence-corrected chi connectivity index (χ0v) is 10.6. The second-order valence-electron chi connectivity index (χ2n) is 3.69. The highest BCUT2D eigenvalue weighted by atomic mass is 35.5. The van der Waals surface area contributed by atoms with Crippen LogP contribution < -0.4 is 4.90 Å². The summed E-state index contributed by atoms with van der Waals surface area (Å²) in [7, 11) is 0. The fourth-order valence-electron chi connectivity index (χ4n) is 1.50. The van der Waals surface area contributed by atoms with Gasteiger partial charge >= 0.3 is 6.18 Å². The lowest BCUT2D eigenvalue weighted by atomic mass is 10.2. The summed E-state index contributed by atoms with van der Waals surface area (Å²) in [5.41, 5.74) is -0.819. The SMILES string of the molecule is CCN(CCCO)c1cc(C(F)(F)F)cc(Cl)n1. The number of halogens is 4. The minimum Gasteiger partial charge on any atom is -0.396 e. The Morgan fingerprint density at radius 3 is 2.56 bits per heavy atom. The summed E-state index contributed by atoms with van der Waals surface area (Å²) >= 11 is 5.60. The first-order valence-corrected chi connectivity index (χ1v) is 5.87. The minimum absolute atomic E-state index is 0.0246. The van der Waals surface area contributed by atoms with Gasteiger partial charge in [-0.1, -0.05) is 11.6 Å². The Morgan fingerprint density at radius 2 is 2.06 bits per heavy atom. The number of nitrogens with zero attached hydrogens (tertiary/aromatic N) is 2. The molecule has 0 radical (unpaired) electrons. The molecule has 0 unspecified atom stereocenters. The van der Waals surface area contributed by atoms with Gasteiger partial charge in [-0.3, -0.25) is 0 Å². The van der Waals surface area contributed by atoms with E-state index in [2.05, 4.69) is 4.98 Å². The van der Waals surface area contributed by atoms with Crippen molar-refractivity contribution < 1.29 is 18.3 Å². The molecule has 7 heteroatoms. The van der Waals surface area contributed by atoms with E-state index >= 15 is 0 Å². The number of aliphatic hydroxyl groups is 1. The molecule has 1 aromatic heterocycles. The van der Waals surface area contributed by atoms with E-state index in [1.165, 1.54) is 0 Å². The van der Waals surface area contributed by atoms with Crippen molar-refractivity contribution in [3.63, 3.8) is 0 Å². The third kappa shape index (κ3) is 4.03. The number of rotatable bonds is 5. The molecule has 0 saturated heterocycles. The number of hydrogen-bond donors (Lipinski definition) is 1. The molecule has 0 spiro atoms. The zero-order chi connectivity index (χ0) is 13.8. The van der Waals surface area contributed by atoms with Crippen molar-refractivity contribution in [2.75, 3.05) is 24.6 Å². The number of alkyl halides is 3. The minimum atomic E-state index is -4.45. The Kier molecular flexibility index (Phi) is 5.22. The van der Waals surface area contributed by atoms with Crippen molar-refractivity contribution in [2.24, 2.45) is 0 Å². The maximum Gasteiger partial charge on any atom is 0.416 e. The maximum absolute atomic E-state index is 12.6. The Bertz CT molecular complexity index is 398. The van der Waals surface area contributed by atoms with Crippen molar-refractivity contribution >= 4 is 17.4 Å². The molecule has 1 aromatic rings. The van der Waals surface area contributed by atoms with Crippen LogP contribution in [0.5, 0.6) is 0 Å². The third-order valence-corrected chi connectivity index (χ3v) is 2.59. The maximum atomic E-state index is 12.6. The standard InChI is InChI=1S/C11H14ClF3N2O/c1-2-17(4-3-5-18)10-7-8(11(13,14)15)6-9(12)16-10/h6-7,18H,2-5H2,1H3. The Labute approximate surface area is 108 Å². The van der Waals surface area contributed by atoms with E-state index in [1.54, 1.807) is 11.8 Å². The first-order valence-electron chi connectivity index (χ1n) is 5.49. The zero-order valence-electron chi connectivity index (χ0n) is 9.84. The summed E-state index contributed by atoms with van der Waals surface area (Å²) in [6.45, 7) is 2.69. The second kappa shape index (κ2) is 6.24. The number of aromatic nitrogens is 1. The van der Waals surface area contributed by atoms with Crippen molar-refractivity contribution in [3.8, 4) is 0 Å². The lowest BCUT2D eigenvalue weighted by Gasteiger charge is -2.22. The molecule has 1 N–H and O–H groups in total. The smallest absolute Gasteiger partial charge is 0.396 e. The van der Waals surface area contributed by atoms with Gasteiger partial charge in [0, 0.05) is 19.7 Å². The van der Waals surface area contributed by atoms with Gasteiger partial charge in [-0.05, 0) is 25.5 Å². The van der Waals surface area contributed by atoms with Crippen LogP contribution in [0.3, 0.4) is 0 Å². The quantitative estimate of drug-likeness (QED) is 0.844. The molecule has 1 heterocycles. The highest BCUT2D eigenvalue weighted by Gasteiger charge is 2.32. The monoisotopic (exact) mass is 282 g/mol. The van der Waals surface area contributed by atoms with E-state index in [1.807, 2.05) is 0 Å². The highest BCUT2D eigenvalue weighted by molar-refractivity contribution is 6.29. The summed E-state index contributed by atoms with van der Waals surface area (Å²) in [5.74, 6) is 0.172. The van der Waals surface area contributed by atoms with Crippen LogP contribution in [0, 0.1) is 0 Å². The summed E-state index contributed by atoms with van der Waals surface area (Å²) in [4.78, 5) is 5.52. The molecule has 0 saturated carbocycles. The van der Waals surface area contributed by atoms with Crippen LogP contribution in [0.25, 0.3) is 0 Å². The summed E-state index contributed by atoms with van der Waals surface area (Å²) in [6.07, 6.45) is -3.99. The molecule has 0 aliphatic carbocycles. The lowest BCUT2D eigenvalue weighted by Crippen LogP contribution is -2.26. The van der Waals surface area contributed by atoms with Crippen LogP contribution in [0.2, 0.25) is 5.15 Å². The number of hydrogen-bond acceptors (Lipinski definition) is 3. The van der Waals surface area contributed by atoms with E-state index < -0.39 is 11.7 Å². The van der Waals surface area contributed by atoms with Gasteiger partial charge in [0.25, 0.3) is 0 Å². The van der Waals surface area contributed by atoms with E-state index in [4.69, 9.17) is 16.7 Å². The van der Waals surface area contributed by atoms with E-state index in [-0.39, 0.29) is 17.6 Å². The van der Waals surface area contributed by atoms with Crippen molar-refractivity contribution in [2.45, 2.75) is 19.5 Å². The Morgan fingerprint density at radius 1 is 1.39 bits per heavy atom. The van der Waals surface area contributed by atoms with Gasteiger partial charge in [0.1, 0.15) is 11.0 Å². The molecule has 18 heavy (non-hydrogen) atoms. The molecule has 0 fully saturated rings. The Hall–Kier alpha value is -1.01. The van der Waals surface area contributed by atoms with Gasteiger partial charge < -0.3 is 10.0 Å². The molecule has 0 bridgehead atoms. The van der Waals surface area contributed by atoms with Gasteiger partial charge in [-0.2, -0.15) is 13.2 Å². The van der Waals surface area contributed by atoms with Gasteiger partial charge in [0.15, 0.2) is 0 Å². The average molecular weight is 283 g/mol. The molecular weight excluding hydrogens is 269 g/mol. The average Bonchev–Trinajstić information content (AvgIpc) is 2.28. The highest BCUT2D eigenvalue weighted by Crippen LogP contribution is 2.32. The summed E-state index contributed by atoms with van der Waals surface area (Å²) < 4.78 is 37.9. The molecule has 0 aromatic carbocycles. The van der Waals surface area contributed by atoms with E-state index in [0.717, 1.165) is 12.1 Å². The number of anilines is 1. The van der Waals surface area contributed by atoms with Gasteiger partial charge in [0.2, 0.25) is 0 Å². The molecular formula is C11H14ClF3N2O. The molecule has 0 atom stereocenters. The molecule has 1 rings (SSSR count). The summed E-state index contributed by atoms with van der Waals surface area (Å²) in [5, 5.41) is 8.55. The van der Waals surface area contributed by atoms with Crippen LogP contribution >= 0.6 is 11.6 Å². The molecule has 102 valence electrons. The molecule has 3 nitrogen and oxygen atoms in total. The summed E-state index contributed by atoms with van der Waals surface area (Å²) in [6, 6.07) is 1.76. The largest absolute Gasteiger partial charge is 0.416 e. The molecule has 0 amide bonds. The normalized spacial score (nSPS) is 11.7. The Balaban J connectivity index is 3.04. The fraction of sp³-hybridized carbons (Fsp3) is 0.545. The van der Waals surface area contributed by atoms with Crippen molar-refractivity contribution in [1.82, 2.24) is 4.98 Å². The topological polar surface area (TPSA) is 36.4 Å². The predicted molar refractivity (Wildman–Crippen MR) is 63.8 cm³/mol. The predicted octanol–water partition coefficient (Wildman–Crippen LogP) is 2.96. The first kappa shape index (κ1) is 15.0. The van der Waals surface area contributed by atoms with Gasteiger partial charge in [0.05, 0.1) is 5.56 Å². The van der Waals surface area contributed by atoms with Crippen molar-refractivity contribution in [3.05, 3.63) is 22.8 Å². The second-order valence-corrected chi connectivity index (χ2v) is 4.08. The van der Waals surface area contributed by atoms with Crippen LogP contribution in [0.4, 0.5) is 19.0 Å². The van der Waals surface area contributed by atoms with Gasteiger partial charge in [-0.25, -0.2) is 4.98 Å². The number of pyridine rings is 1.